The first-order valence-electron chi connectivity index (χ1n) is 9.69. The third-order valence-electron chi connectivity index (χ3n) is 5.34. The summed E-state index contributed by atoms with van der Waals surface area (Å²) >= 11 is 0. The Balaban J connectivity index is 1.74. The van der Waals surface area contributed by atoms with Gasteiger partial charge in [0, 0.05) is 12.1 Å². The summed E-state index contributed by atoms with van der Waals surface area (Å²) in [6.45, 7) is 1.69. The monoisotopic (exact) mass is 423 g/mol. The highest BCUT2D eigenvalue weighted by atomic mass is 19.1. The quantitative estimate of drug-likeness (QED) is 0.372. The zero-order valence-electron chi connectivity index (χ0n) is 16.6. The Kier molecular flexibility index (Phi) is 5.42. The Bertz CT molecular complexity index is 1170. The Morgan fingerprint density at radius 1 is 1.10 bits per heavy atom. The summed E-state index contributed by atoms with van der Waals surface area (Å²) in [7, 11) is 0. The lowest BCUT2D eigenvalue weighted by Crippen LogP contribution is -2.31. The number of carbonyl (C=O) groups is 2. The Hall–Kier alpha value is -3.74. The molecule has 5 nitrogen and oxygen atoms in total. The van der Waals surface area contributed by atoms with Crippen LogP contribution < -0.4 is 0 Å². The van der Waals surface area contributed by atoms with Crippen molar-refractivity contribution in [3.63, 3.8) is 0 Å². The van der Waals surface area contributed by atoms with E-state index in [9.17, 15) is 23.5 Å². The molecule has 0 aliphatic carbocycles. The summed E-state index contributed by atoms with van der Waals surface area (Å²) in [6, 6.07) is 12.1. The van der Waals surface area contributed by atoms with Gasteiger partial charge in [-0.05, 0) is 66.9 Å². The van der Waals surface area contributed by atoms with Crippen molar-refractivity contribution in [2.75, 3.05) is 6.54 Å². The summed E-state index contributed by atoms with van der Waals surface area (Å²) in [4.78, 5) is 27.0. The number of likely N-dealkylation sites (tertiary alicyclic amines) is 1. The predicted molar refractivity (Wildman–Crippen MR) is 109 cm³/mol. The van der Waals surface area contributed by atoms with Crippen LogP contribution in [-0.2, 0) is 16.0 Å². The maximum atomic E-state index is 13.7. The number of Topliss-reactive ketones (excluding diaryl/α,β-unsaturated/α-hetero) is 1. The molecule has 2 aromatic carbocycles. The van der Waals surface area contributed by atoms with E-state index in [2.05, 4.69) is 0 Å². The van der Waals surface area contributed by atoms with Crippen LogP contribution >= 0.6 is 0 Å². The summed E-state index contributed by atoms with van der Waals surface area (Å²) in [5, 5.41) is 10.9. The van der Waals surface area contributed by atoms with Gasteiger partial charge in [-0.3, -0.25) is 9.59 Å². The molecule has 0 bridgehead atoms. The van der Waals surface area contributed by atoms with Gasteiger partial charge in [-0.1, -0.05) is 12.1 Å². The van der Waals surface area contributed by atoms with E-state index in [0.717, 1.165) is 5.56 Å². The van der Waals surface area contributed by atoms with Gasteiger partial charge in [0.2, 0.25) is 0 Å². The normalized spacial score (nSPS) is 18.0. The maximum Gasteiger partial charge on any atom is 0.295 e. The second kappa shape index (κ2) is 8.18. The van der Waals surface area contributed by atoms with Crippen LogP contribution in [0, 0.1) is 18.6 Å². The summed E-state index contributed by atoms with van der Waals surface area (Å²) in [5.41, 5.74) is 1.19. The number of amides is 1. The molecule has 2 heterocycles. The Morgan fingerprint density at radius 2 is 1.84 bits per heavy atom. The zero-order chi connectivity index (χ0) is 22.1. The van der Waals surface area contributed by atoms with Gasteiger partial charge in [0.05, 0.1) is 11.8 Å². The molecule has 1 aliphatic heterocycles. The molecular formula is C24H19F2NO4. The van der Waals surface area contributed by atoms with E-state index in [-0.39, 0.29) is 23.5 Å². The van der Waals surface area contributed by atoms with Crippen molar-refractivity contribution in [3.05, 3.63) is 101 Å². The van der Waals surface area contributed by atoms with Crippen LogP contribution in [0.25, 0.3) is 5.76 Å². The van der Waals surface area contributed by atoms with Crippen LogP contribution in [-0.4, -0.2) is 28.2 Å². The van der Waals surface area contributed by atoms with Gasteiger partial charge in [0.1, 0.15) is 29.2 Å². The zero-order valence-corrected chi connectivity index (χ0v) is 16.6. The number of furan rings is 1. The van der Waals surface area contributed by atoms with Gasteiger partial charge in [0.15, 0.2) is 0 Å². The lowest BCUT2D eigenvalue weighted by molar-refractivity contribution is -0.140. The first kappa shape index (κ1) is 20.5. The maximum absolute atomic E-state index is 13.7. The summed E-state index contributed by atoms with van der Waals surface area (Å²) in [5.74, 6) is -2.51. The first-order valence-corrected chi connectivity index (χ1v) is 9.69. The molecule has 1 unspecified atom stereocenters. The van der Waals surface area contributed by atoms with Crippen molar-refractivity contribution in [1.82, 2.24) is 4.90 Å². The van der Waals surface area contributed by atoms with Gasteiger partial charge < -0.3 is 14.4 Å². The van der Waals surface area contributed by atoms with E-state index in [1.165, 1.54) is 48.4 Å². The second-order valence-electron chi connectivity index (χ2n) is 7.35. The van der Waals surface area contributed by atoms with Gasteiger partial charge in [-0.15, -0.1) is 0 Å². The molecule has 1 aromatic heterocycles. The molecule has 1 N–H and O–H groups in total. The molecular weight excluding hydrogens is 404 g/mol. The van der Waals surface area contributed by atoms with Gasteiger partial charge in [0.25, 0.3) is 11.7 Å². The Morgan fingerprint density at radius 3 is 2.48 bits per heavy atom. The molecule has 158 valence electrons. The molecule has 4 rings (SSSR count). The van der Waals surface area contributed by atoms with Crippen LogP contribution in [0.3, 0.4) is 0 Å². The van der Waals surface area contributed by atoms with Crippen molar-refractivity contribution in [1.29, 1.82) is 0 Å². The molecule has 3 aromatic rings. The minimum atomic E-state index is -0.930. The van der Waals surface area contributed by atoms with Crippen molar-refractivity contribution in [3.8, 4) is 0 Å². The predicted octanol–water partition coefficient (Wildman–Crippen LogP) is 4.53. The average molecular weight is 423 g/mol. The minimum absolute atomic E-state index is 0.120. The molecule has 0 saturated carbocycles. The smallest absolute Gasteiger partial charge is 0.295 e. The number of halogens is 2. The number of aliphatic hydroxyl groups excluding tert-OH is 1. The van der Waals surface area contributed by atoms with Crippen LogP contribution in [0.15, 0.2) is 70.9 Å². The van der Waals surface area contributed by atoms with E-state index < -0.39 is 29.3 Å². The molecule has 0 radical (unpaired) electrons. The number of hydrogen-bond donors (Lipinski definition) is 1. The van der Waals surface area contributed by atoms with E-state index in [0.29, 0.717) is 17.7 Å². The number of nitrogens with zero attached hydrogens (tertiary/aromatic N) is 1. The number of ketones is 1. The van der Waals surface area contributed by atoms with Gasteiger partial charge >= 0.3 is 0 Å². The highest BCUT2D eigenvalue weighted by Gasteiger charge is 2.47. The van der Waals surface area contributed by atoms with Crippen LogP contribution in [0.1, 0.15) is 28.5 Å². The topological polar surface area (TPSA) is 70.8 Å². The van der Waals surface area contributed by atoms with Crippen LogP contribution in [0.5, 0.6) is 0 Å². The van der Waals surface area contributed by atoms with E-state index in [1.54, 1.807) is 24.3 Å². The standard InChI is InChI=1S/C24H19F2NO4/c1-14-13-16(6-9-18(14)26)22(28)20-21(19-3-2-12-31-19)27(24(30)23(20)29)11-10-15-4-7-17(25)8-5-15/h2-9,12-13,21,28H,10-11H2,1H3/b22-20-. The molecule has 1 aliphatic rings. The molecule has 1 atom stereocenters. The van der Waals surface area contributed by atoms with Crippen molar-refractivity contribution >= 4 is 17.4 Å². The van der Waals surface area contributed by atoms with Gasteiger partial charge in [-0.25, -0.2) is 8.78 Å². The fourth-order valence-electron chi connectivity index (χ4n) is 3.70. The lowest BCUT2D eigenvalue weighted by Gasteiger charge is -2.23. The highest BCUT2D eigenvalue weighted by Crippen LogP contribution is 2.39. The minimum Gasteiger partial charge on any atom is -0.507 e. The number of rotatable bonds is 5. The fraction of sp³-hybridized carbons (Fsp3) is 0.167. The molecule has 1 saturated heterocycles. The second-order valence-corrected chi connectivity index (χ2v) is 7.35. The highest BCUT2D eigenvalue weighted by molar-refractivity contribution is 6.46. The number of aryl methyl sites for hydroxylation is 1. The third kappa shape index (κ3) is 3.86. The van der Waals surface area contributed by atoms with Crippen molar-refractivity contribution in [2.45, 2.75) is 19.4 Å². The van der Waals surface area contributed by atoms with E-state index in [4.69, 9.17) is 4.42 Å². The SMILES string of the molecule is Cc1cc(/C(O)=C2/C(=O)C(=O)N(CCc3ccc(F)cc3)C2c2ccco2)ccc1F. The van der Waals surface area contributed by atoms with Crippen LogP contribution in [0.2, 0.25) is 0 Å². The number of benzene rings is 2. The molecule has 7 heteroatoms. The average Bonchev–Trinajstić information content (AvgIpc) is 3.37. The van der Waals surface area contributed by atoms with E-state index in [1.807, 2.05) is 0 Å². The Labute approximate surface area is 177 Å². The molecule has 0 spiro atoms. The van der Waals surface area contributed by atoms with E-state index >= 15 is 0 Å². The van der Waals surface area contributed by atoms with Gasteiger partial charge in [-0.2, -0.15) is 0 Å². The van der Waals surface area contributed by atoms with Crippen molar-refractivity contribution < 1.29 is 27.9 Å². The first-order chi connectivity index (χ1) is 14.9. The fourth-order valence-corrected chi connectivity index (χ4v) is 3.70. The molecule has 1 amide bonds. The van der Waals surface area contributed by atoms with Crippen molar-refractivity contribution in [2.24, 2.45) is 0 Å². The molecule has 1 fully saturated rings. The third-order valence-corrected chi connectivity index (χ3v) is 5.34. The number of aliphatic hydroxyl groups is 1. The largest absolute Gasteiger partial charge is 0.507 e. The van der Waals surface area contributed by atoms with Crippen LogP contribution in [0.4, 0.5) is 8.78 Å². The summed E-state index contributed by atoms with van der Waals surface area (Å²) < 4.78 is 32.3. The lowest BCUT2D eigenvalue weighted by atomic mass is 9.98. The summed E-state index contributed by atoms with van der Waals surface area (Å²) in [6.07, 6.45) is 1.79. The number of hydrogen-bond acceptors (Lipinski definition) is 4. The number of carbonyl (C=O) groups excluding carboxylic acids is 2. The molecule has 31 heavy (non-hydrogen) atoms.